The molecule has 0 saturated carbocycles. The van der Waals surface area contributed by atoms with Crippen molar-refractivity contribution in [1.82, 2.24) is 9.88 Å². The van der Waals surface area contributed by atoms with Crippen LogP contribution in [-0.2, 0) is 0 Å². The van der Waals surface area contributed by atoms with Crippen molar-refractivity contribution in [3.63, 3.8) is 0 Å². The zero-order chi connectivity index (χ0) is 21.8. The standard InChI is InChI=1S/C24H27N3O3S/c1-27-11-9-17(10-12-27)22-21(16-7-5-4-6-8-16)25-24(31-22)26-23(28)18-13-19(29-2)15-20(14-18)30-3/h4-8,13-15,17H,9-12H2,1-3H3,(H,25,26,28). The Kier molecular flexibility index (Phi) is 6.53. The summed E-state index contributed by atoms with van der Waals surface area (Å²) >= 11 is 1.58. The van der Waals surface area contributed by atoms with Crippen LogP contribution in [0, 0.1) is 0 Å². The van der Waals surface area contributed by atoms with Gasteiger partial charge in [0, 0.05) is 22.1 Å². The summed E-state index contributed by atoms with van der Waals surface area (Å²) in [7, 11) is 5.30. The first-order valence-corrected chi connectivity index (χ1v) is 11.2. The third-order valence-corrected chi connectivity index (χ3v) is 6.76. The monoisotopic (exact) mass is 437 g/mol. The van der Waals surface area contributed by atoms with E-state index in [0.29, 0.717) is 28.1 Å². The predicted octanol–water partition coefficient (Wildman–Crippen LogP) is 4.89. The summed E-state index contributed by atoms with van der Waals surface area (Å²) in [6, 6.07) is 15.3. The van der Waals surface area contributed by atoms with Crippen molar-refractivity contribution in [2.75, 3.05) is 39.7 Å². The van der Waals surface area contributed by atoms with Crippen molar-refractivity contribution >= 4 is 22.4 Å². The van der Waals surface area contributed by atoms with E-state index in [1.165, 1.54) is 4.88 Å². The Morgan fingerprint density at radius 3 is 2.32 bits per heavy atom. The number of benzene rings is 2. The maximum absolute atomic E-state index is 13.0. The van der Waals surface area contributed by atoms with E-state index in [2.05, 4.69) is 29.4 Å². The highest BCUT2D eigenvalue weighted by atomic mass is 32.1. The summed E-state index contributed by atoms with van der Waals surface area (Å²) in [5.41, 5.74) is 2.52. The van der Waals surface area contributed by atoms with E-state index < -0.39 is 0 Å². The van der Waals surface area contributed by atoms with Gasteiger partial charge in [-0.05, 0) is 51.0 Å². The van der Waals surface area contributed by atoms with Crippen LogP contribution in [0.25, 0.3) is 11.3 Å². The van der Waals surface area contributed by atoms with Crippen molar-refractivity contribution in [2.24, 2.45) is 0 Å². The molecule has 1 N–H and O–H groups in total. The number of anilines is 1. The number of carbonyl (C=O) groups is 1. The Morgan fingerprint density at radius 2 is 1.71 bits per heavy atom. The normalized spacial score (nSPS) is 14.9. The van der Waals surface area contributed by atoms with E-state index in [-0.39, 0.29) is 5.91 Å². The molecule has 0 radical (unpaired) electrons. The Bertz CT molecular complexity index is 1020. The van der Waals surface area contributed by atoms with Gasteiger partial charge in [-0.3, -0.25) is 10.1 Å². The van der Waals surface area contributed by atoms with Gasteiger partial charge in [-0.1, -0.05) is 30.3 Å². The number of likely N-dealkylation sites (tertiary alicyclic amines) is 1. The minimum absolute atomic E-state index is 0.236. The second-order valence-corrected chi connectivity index (χ2v) is 8.76. The van der Waals surface area contributed by atoms with Crippen LogP contribution < -0.4 is 14.8 Å². The molecule has 1 aromatic heterocycles. The summed E-state index contributed by atoms with van der Waals surface area (Å²) in [4.78, 5) is 21.4. The number of rotatable bonds is 6. The van der Waals surface area contributed by atoms with Gasteiger partial charge < -0.3 is 14.4 Å². The van der Waals surface area contributed by atoms with Gasteiger partial charge >= 0.3 is 0 Å². The first-order chi connectivity index (χ1) is 15.1. The molecule has 1 saturated heterocycles. The minimum Gasteiger partial charge on any atom is -0.497 e. The fraction of sp³-hybridized carbons (Fsp3) is 0.333. The smallest absolute Gasteiger partial charge is 0.257 e. The molecule has 31 heavy (non-hydrogen) atoms. The molecule has 3 aromatic rings. The topological polar surface area (TPSA) is 63.7 Å². The highest BCUT2D eigenvalue weighted by Gasteiger charge is 2.25. The number of aromatic nitrogens is 1. The van der Waals surface area contributed by atoms with Gasteiger partial charge in [-0.2, -0.15) is 0 Å². The van der Waals surface area contributed by atoms with Crippen molar-refractivity contribution in [3.8, 4) is 22.8 Å². The third kappa shape index (κ3) is 4.89. The lowest BCUT2D eigenvalue weighted by Gasteiger charge is -2.28. The van der Waals surface area contributed by atoms with E-state index in [0.717, 1.165) is 37.2 Å². The fourth-order valence-corrected chi connectivity index (χ4v) is 5.00. The van der Waals surface area contributed by atoms with Crippen LogP contribution in [0.1, 0.15) is 34.0 Å². The van der Waals surface area contributed by atoms with Crippen LogP contribution in [0.4, 0.5) is 5.13 Å². The number of hydrogen-bond donors (Lipinski definition) is 1. The lowest BCUT2D eigenvalue weighted by atomic mass is 9.93. The van der Waals surface area contributed by atoms with Crippen LogP contribution in [0.15, 0.2) is 48.5 Å². The van der Waals surface area contributed by atoms with Gasteiger partial charge in [0.15, 0.2) is 5.13 Å². The molecule has 1 fully saturated rings. The second-order valence-electron chi connectivity index (χ2n) is 7.73. The lowest BCUT2D eigenvalue weighted by Crippen LogP contribution is -2.29. The fourth-order valence-electron chi connectivity index (χ4n) is 3.84. The minimum atomic E-state index is -0.236. The average Bonchev–Trinajstić information content (AvgIpc) is 3.23. The van der Waals surface area contributed by atoms with Crippen molar-refractivity contribution in [3.05, 3.63) is 59.0 Å². The third-order valence-electron chi connectivity index (χ3n) is 5.62. The maximum atomic E-state index is 13.0. The molecule has 0 spiro atoms. The molecule has 4 rings (SSSR count). The molecule has 1 amide bonds. The molecule has 1 aliphatic heterocycles. The number of nitrogens with one attached hydrogen (secondary N) is 1. The largest absolute Gasteiger partial charge is 0.497 e. The number of ether oxygens (including phenoxy) is 2. The zero-order valence-electron chi connectivity index (χ0n) is 18.1. The molecule has 0 unspecified atom stereocenters. The number of hydrogen-bond acceptors (Lipinski definition) is 6. The van der Waals surface area contributed by atoms with E-state index in [4.69, 9.17) is 14.5 Å². The van der Waals surface area contributed by atoms with E-state index in [9.17, 15) is 4.79 Å². The summed E-state index contributed by atoms with van der Waals surface area (Å²) < 4.78 is 10.6. The van der Waals surface area contributed by atoms with E-state index >= 15 is 0 Å². The van der Waals surface area contributed by atoms with Crippen LogP contribution in [0.3, 0.4) is 0 Å². The molecule has 7 heteroatoms. The van der Waals surface area contributed by atoms with Crippen molar-refractivity contribution < 1.29 is 14.3 Å². The summed E-state index contributed by atoms with van der Waals surface area (Å²) in [5, 5.41) is 3.60. The summed E-state index contributed by atoms with van der Waals surface area (Å²) in [6.07, 6.45) is 2.19. The van der Waals surface area contributed by atoms with Gasteiger partial charge in [0.2, 0.25) is 0 Å². The Balaban J connectivity index is 1.64. The number of nitrogens with zero attached hydrogens (tertiary/aromatic N) is 2. The van der Waals surface area contributed by atoms with Crippen molar-refractivity contribution in [2.45, 2.75) is 18.8 Å². The number of amides is 1. The SMILES string of the molecule is COc1cc(OC)cc(C(=O)Nc2nc(-c3ccccc3)c(C3CCN(C)CC3)s2)c1. The van der Waals surface area contributed by atoms with E-state index in [1.54, 1.807) is 43.8 Å². The number of thiazole rings is 1. The predicted molar refractivity (Wildman–Crippen MR) is 125 cm³/mol. The molecule has 0 bridgehead atoms. The summed E-state index contributed by atoms with van der Waals surface area (Å²) in [5.74, 6) is 1.35. The van der Waals surface area contributed by atoms with Crippen LogP contribution in [-0.4, -0.2) is 50.1 Å². The number of methoxy groups -OCH3 is 2. The Morgan fingerprint density at radius 1 is 1.06 bits per heavy atom. The van der Waals surface area contributed by atoms with Crippen LogP contribution in [0.2, 0.25) is 0 Å². The molecule has 0 aliphatic carbocycles. The van der Waals surface area contributed by atoms with Gasteiger partial charge in [-0.15, -0.1) is 11.3 Å². The Hall–Kier alpha value is -2.90. The van der Waals surface area contributed by atoms with Gasteiger partial charge in [0.25, 0.3) is 5.91 Å². The van der Waals surface area contributed by atoms with Crippen LogP contribution >= 0.6 is 11.3 Å². The number of piperidine rings is 1. The molecule has 6 nitrogen and oxygen atoms in total. The lowest BCUT2D eigenvalue weighted by molar-refractivity contribution is 0.102. The van der Waals surface area contributed by atoms with Crippen molar-refractivity contribution in [1.29, 1.82) is 0 Å². The highest BCUT2D eigenvalue weighted by molar-refractivity contribution is 7.16. The average molecular weight is 438 g/mol. The molecule has 2 heterocycles. The Labute approximate surface area is 186 Å². The first-order valence-electron chi connectivity index (χ1n) is 10.4. The quantitative estimate of drug-likeness (QED) is 0.595. The number of carbonyl (C=O) groups excluding carboxylic acids is 1. The molecular formula is C24H27N3O3S. The molecule has 2 aromatic carbocycles. The van der Waals surface area contributed by atoms with Gasteiger partial charge in [-0.25, -0.2) is 4.98 Å². The molecule has 1 aliphatic rings. The maximum Gasteiger partial charge on any atom is 0.257 e. The molecule has 0 atom stereocenters. The molecule has 162 valence electrons. The van der Waals surface area contributed by atoms with Gasteiger partial charge in [0.1, 0.15) is 11.5 Å². The van der Waals surface area contributed by atoms with Gasteiger partial charge in [0.05, 0.1) is 19.9 Å². The van der Waals surface area contributed by atoms with E-state index in [1.807, 2.05) is 18.2 Å². The second kappa shape index (κ2) is 9.49. The zero-order valence-corrected chi connectivity index (χ0v) is 18.9. The first kappa shape index (κ1) is 21.3. The molecular weight excluding hydrogens is 410 g/mol. The summed E-state index contributed by atoms with van der Waals surface area (Å²) in [6.45, 7) is 2.14. The highest BCUT2D eigenvalue weighted by Crippen LogP contribution is 2.40. The van der Waals surface area contributed by atoms with Crippen LogP contribution in [0.5, 0.6) is 11.5 Å².